The smallest absolute Gasteiger partial charge is 0.0634 e. The number of aromatic nitrogens is 3. The molecule has 0 bridgehead atoms. The Morgan fingerprint density at radius 1 is 1.29 bits per heavy atom. The quantitative estimate of drug-likeness (QED) is 0.903. The van der Waals surface area contributed by atoms with Crippen LogP contribution >= 0.6 is 11.6 Å². The van der Waals surface area contributed by atoms with Crippen LogP contribution in [0.25, 0.3) is 0 Å². The minimum Gasteiger partial charge on any atom is -0.308 e. The maximum atomic E-state index is 6.02. The molecule has 0 aliphatic carbocycles. The lowest BCUT2D eigenvalue weighted by Gasteiger charge is -2.06. The Hall–Kier alpha value is -1.39. The summed E-state index contributed by atoms with van der Waals surface area (Å²) in [5.74, 6) is 0. The Bertz CT molecular complexity index is 507. The van der Waals surface area contributed by atoms with Gasteiger partial charge in [-0.05, 0) is 18.6 Å². The zero-order valence-corrected chi connectivity index (χ0v) is 10.7. The van der Waals surface area contributed by atoms with Crippen molar-refractivity contribution in [1.82, 2.24) is 20.1 Å². The number of halogens is 1. The number of hydrogen-bond donors (Lipinski definition) is 1. The molecule has 0 radical (unpaired) electrons. The van der Waals surface area contributed by atoms with E-state index in [1.54, 1.807) is 12.4 Å². The Balaban J connectivity index is 1.92. The third kappa shape index (κ3) is 2.84. The van der Waals surface area contributed by atoms with Crippen molar-refractivity contribution in [2.24, 2.45) is 7.05 Å². The van der Waals surface area contributed by atoms with E-state index in [-0.39, 0.29) is 0 Å². The first-order valence-electron chi connectivity index (χ1n) is 5.45. The van der Waals surface area contributed by atoms with Gasteiger partial charge in [0.15, 0.2) is 0 Å². The number of nitrogens with zero attached hydrogens (tertiary/aromatic N) is 3. The van der Waals surface area contributed by atoms with Gasteiger partial charge in [-0.1, -0.05) is 11.6 Å². The molecule has 1 N–H and O–H groups in total. The van der Waals surface area contributed by atoms with Crippen molar-refractivity contribution in [3.05, 3.63) is 46.5 Å². The predicted octanol–water partition coefficient (Wildman–Crippen LogP) is 2.07. The van der Waals surface area contributed by atoms with E-state index in [1.165, 1.54) is 11.3 Å². The third-order valence-electron chi connectivity index (χ3n) is 2.82. The van der Waals surface area contributed by atoms with E-state index in [2.05, 4.69) is 22.3 Å². The van der Waals surface area contributed by atoms with Crippen LogP contribution in [0.1, 0.15) is 16.8 Å². The van der Waals surface area contributed by atoms with Gasteiger partial charge in [-0.2, -0.15) is 5.10 Å². The van der Waals surface area contributed by atoms with Crippen molar-refractivity contribution in [3.8, 4) is 0 Å². The van der Waals surface area contributed by atoms with Crippen molar-refractivity contribution in [2.45, 2.75) is 20.0 Å². The maximum Gasteiger partial charge on any atom is 0.0634 e. The lowest BCUT2D eigenvalue weighted by Crippen LogP contribution is -2.13. The second-order valence-electron chi connectivity index (χ2n) is 3.95. The Labute approximate surface area is 106 Å². The first-order chi connectivity index (χ1) is 8.18. The van der Waals surface area contributed by atoms with Gasteiger partial charge in [0, 0.05) is 43.8 Å². The van der Waals surface area contributed by atoms with Gasteiger partial charge < -0.3 is 5.32 Å². The van der Waals surface area contributed by atoms with Crippen LogP contribution < -0.4 is 5.32 Å². The largest absolute Gasteiger partial charge is 0.308 e. The van der Waals surface area contributed by atoms with Crippen LogP contribution in [0.2, 0.25) is 5.02 Å². The first-order valence-corrected chi connectivity index (χ1v) is 5.83. The lowest BCUT2D eigenvalue weighted by atomic mass is 10.2. The van der Waals surface area contributed by atoms with E-state index in [0.717, 1.165) is 18.7 Å². The van der Waals surface area contributed by atoms with Gasteiger partial charge in [-0.3, -0.25) is 9.67 Å². The number of rotatable bonds is 4. The van der Waals surface area contributed by atoms with Crippen molar-refractivity contribution >= 4 is 11.6 Å². The highest BCUT2D eigenvalue weighted by atomic mass is 35.5. The first kappa shape index (κ1) is 12.1. The fraction of sp³-hybridized carbons (Fsp3) is 0.333. The molecule has 0 amide bonds. The van der Waals surface area contributed by atoms with E-state index in [4.69, 9.17) is 11.6 Å². The van der Waals surface area contributed by atoms with Crippen molar-refractivity contribution in [2.75, 3.05) is 0 Å². The van der Waals surface area contributed by atoms with Crippen LogP contribution in [0.3, 0.4) is 0 Å². The summed E-state index contributed by atoms with van der Waals surface area (Å²) in [4.78, 5) is 3.96. The van der Waals surface area contributed by atoms with Gasteiger partial charge in [0.2, 0.25) is 0 Å². The average Bonchev–Trinajstić information content (AvgIpc) is 2.63. The highest BCUT2D eigenvalue weighted by molar-refractivity contribution is 6.31. The van der Waals surface area contributed by atoms with Crippen LogP contribution in [-0.2, 0) is 20.1 Å². The summed E-state index contributed by atoms with van der Waals surface area (Å²) in [7, 11) is 1.94. The Morgan fingerprint density at radius 3 is 2.71 bits per heavy atom. The molecule has 90 valence electrons. The van der Waals surface area contributed by atoms with Crippen molar-refractivity contribution < 1.29 is 0 Å². The standard InChI is InChI=1S/C12H15ClN4/c1-9-11(7-16-17(9)2)6-15-5-10-3-4-14-8-12(10)13/h3-4,7-8,15H,5-6H2,1-2H3. The van der Waals surface area contributed by atoms with E-state index >= 15 is 0 Å². The molecule has 0 fully saturated rings. The van der Waals surface area contributed by atoms with E-state index in [0.29, 0.717) is 5.02 Å². The summed E-state index contributed by atoms with van der Waals surface area (Å²) in [6.45, 7) is 3.58. The summed E-state index contributed by atoms with van der Waals surface area (Å²) in [5, 5.41) is 8.24. The molecule has 2 rings (SSSR count). The molecule has 0 saturated carbocycles. The molecule has 0 spiro atoms. The van der Waals surface area contributed by atoms with E-state index in [1.807, 2.05) is 24.0 Å². The van der Waals surface area contributed by atoms with Gasteiger partial charge in [0.25, 0.3) is 0 Å². The summed E-state index contributed by atoms with van der Waals surface area (Å²) < 4.78 is 1.87. The number of hydrogen-bond acceptors (Lipinski definition) is 3. The maximum absolute atomic E-state index is 6.02. The Morgan fingerprint density at radius 2 is 2.06 bits per heavy atom. The van der Waals surface area contributed by atoms with Crippen LogP contribution in [0, 0.1) is 6.92 Å². The number of nitrogens with one attached hydrogen (secondary N) is 1. The lowest BCUT2D eigenvalue weighted by molar-refractivity contribution is 0.684. The van der Waals surface area contributed by atoms with Crippen LogP contribution in [0.4, 0.5) is 0 Å². The monoisotopic (exact) mass is 250 g/mol. The molecular weight excluding hydrogens is 236 g/mol. The zero-order valence-electron chi connectivity index (χ0n) is 9.94. The summed E-state index contributed by atoms with van der Waals surface area (Å²) in [6, 6.07) is 1.92. The topological polar surface area (TPSA) is 42.7 Å². The average molecular weight is 251 g/mol. The number of pyridine rings is 1. The van der Waals surface area contributed by atoms with Gasteiger partial charge in [0.1, 0.15) is 0 Å². The molecule has 0 saturated heterocycles. The normalized spacial score (nSPS) is 10.8. The van der Waals surface area contributed by atoms with Crippen molar-refractivity contribution in [1.29, 1.82) is 0 Å². The molecular formula is C12H15ClN4. The summed E-state index contributed by atoms with van der Waals surface area (Å²) >= 11 is 6.02. The van der Waals surface area contributed by atoms with Gasteiger partial charge in [-0.15, -0.1) is 0 Å². The minimum absolute atomic E-state index is 0.697. The fourth-order valence-electron chi connectivity index (χ4n) is 1.60. The third-order valence-corrected chi connectivity index (χ3v) is 3.16. The van der Waals surface area contributed by atoms with Gasteiger partial charge in [0.05, 0.1) is 11.2 Å². The SMILES string of the molecule is Cc1c(CNCc2ccncc2Cl)cnn1C. The second-order valence-corrected chi connectivity index (χ2v) is 4.36. The van der Waals surface area contributed by atoms with Crippen LogP contribution in [-0.4, -0.2) is 14.8 Å². The molecule has 17 heavy (non-hydrogen) atoms. The molecule has 0 atom stereocenters. The highest BCUT2D eigenvalue weighted by Crippen LogP contribution is 2.13. The molecule has 0 aromatic carbocycles. The molecule has 2 aromatic heterocycles. The van der Waals surface area contributed by atoms with Crippen molar-refractivity contribution in [3.63, 3.8) is 0 Å². The summed E-state index contributed by atoms with van der Waals surface area (Å²) in [6.07, 6.45) is 5.29. The molecule has 2 heterocycles. The van der Waals surface area contributed by atoms with Gasteiger partial charge >= 0.3 is 0 Å². The second kappa shape index (κ2) is 5.29. The van der Waals surface area contributed by atoms with Crippen LogP contribution in [0.5, 0.6) is 0 Å². The summed E-state index contributed by atoms with van der Waals surface area (Å²) in [5.41, 5.74) is 3.44. The van der Waals surface area contributed by atoms with E-state index < -0.39 is 0 Å². The molecule has 4 nitrogen and oxygen atoms in total. The van der Waals surface area contributed by atoms with E-state index in [9.17, 15) is 0 Å². The predicted molar refractivity (Wildman–Crippen MR) is 67.7 cm³/mol. The minimum atomic E-state index is 0.697. The fourth-order valence-corrected chi connectivity index (χ4v) is 1.78. The zero-order chi connectivity index (χ0) is 12.3. The van der Waals surface area contributed by atoms with Crippen LogP contribution in [0.15, 0.2) is 24.7 Å². The molecule has 0 aliphatic rings. The molecule has 0 unspecified atom stereocenters. The highest BCUT2D eigenvalue weighted by Gasteiger charge is 2.03. The molecule has 0 aliphatic heterocycles. The van der Waals surface area contributed by atoms with Gasteiger partial charge in [-0.25, -0.2) is 0 Å². The Kier molecular flexibility index (Phi) is 3.76. The number of aryl methyl sites for hydroxylation is 1. The molecule has 2 aromatic rings. The molecule has 5 heteroatoms.